The molecule has 1 aliphatic carbocycles. The first-order chi connectivity index (χ1) is 15.9. The molecule has 3 aliphatic heterocycles. The third kappa shape index (κ3) is 3.71. The van der Waals surface area contributed by atoms with E-state index >= 15 is 0 Å². The van der Waals surface area contributed by atoms with Crippen LogP contribution in [0.4, 0.5) is 9.18 Å². The molecule has 7 heteroatoms. The highest BCUT2D eigenvalue weighted by atomic mass is 19.1. The number of carbonyl (C=O) groups excluding carboxylic acids is 1. The number of hydrogen-bond acceptors (Lipinski definition) is 3. The number of nitrogens with zero attached hydrogens (tertiary/aromatic N) is 3. The number of H-pyrrole nitrogens is 1. The van der Waals surface area contributed by atoms with E-state index in [0.29, 0.717) is 32.5 Å². The highest BCUT2D eigenvalue weighted by Gasteiger charge is 2.49. The lowest BCUT2D eigenvalue weighted by Crippen LogP contribution is -2.55. The summed E-state index contributed by atoms with van der Waals surface area (Å²) >= 11 is 0. The molecule has 174 valence electrons. The Morgan fingerprint density at radius 2 is 2.06 bits per heavy atom. The largest absolute Gasteiger partial charge is 0.491 e. The Morgan fingerprint density at radius 3 is 2.85 bits per heavy atom. The number of imidazole rings is 1. The van der Waals surface area contributed by atoms with Gasteiger partial charge < -0.3 is 19.5 Å². The summed E-state index contributed by atoms with van der Waals surface area (Å²) in [5, 5.41) is 2.10. The first kappa shape index (κ1) is 20.8. The third-order valence-electron chi connectivity index (χ3n) is 7.74. The summed E-state index contributed by atoms with van der Waals surface area (Å²) in [6.45, 7) is 5.21. The number of halogens is 1. The SMILES string of the molecule is Cc1nc2c([nH]1)=CC(c1ccc3c(c1)CN(C(=O)N1C4CCC1CC(C)(F)C4)CCO3)CC=2. The minimum Gasteiger partial charge on any atom is -0.491 e. The second-order valence-corrected chi connectivity index (χ2v) is 10.4. The van der Waals surface area contributed by atoms with Crippen LogP contribution in [0.1, 0.15) is 61.9 Å². The summed E-state index contributed by atoms with van der Waals surface area (Å²) in [6.07, 6.45) is 8.04. The number of carbonyl (C=O) groups is 1. The van der Waals surface area contributed by atoms with Crippen molar-refractivity contribution in [2.75, 3.05) is 13.2 Å². The van der Waals surface area contributed by atoms with Gasteiger partial charge in [0.05, 0.1) is 23.8 Å². The lowest BCUT2D eigenvalue weighted by Gasteiger charge is -2.42. The van der Waals surface area contributed by atoms with Crippen molar-refractivity contribution in [3.63, 3.8) is 0 Å². The lowest BCUT2D eigenvalue weighted by molar-refractivity contribution is 0.0314. The average Bonchev–Trinajstić information content (AvgIpc) is 3.19. The maximum atomic E-state index is 14.7. The van der Waals surface area contributed by atoms with Gasteiger partial charge in [0, 0.05) is 36.4 Å². The zero-order valence-corrected chi connectivity index (χ0v) is 19.3. The van der Waals surface area contributed by atoms with Crippen LogP contribution in [0.15, 0.2) is 18.2 Å². The normalized spacial score (nSPS) is 30.5. The topological polar surface area (TPSA) is 61.5 Å². The molecule has 2 amide bonds. The molecule has 6 rings (SSSR count). The van der Waals surface area contributed by atoms with Crippen molar-refractivity contribution in [2.45, 2.75) is 76.2 Å². The first-order valence-electron chi connectivity index (χ1n) is 12.1. The van der Waals surface area contributed by atoms with Crippen LogP contribution in [0.25, 0.3) is 12.2 Å². The van der Waals surface area contributed by atoms with Gasteiger partial charge in [-0.2, -0.15) is 0 Å². The number of benzene rings is 1. The molecule has 1 aromatic carbocycles. The molecule has 33 heavy (non-hydrogen) atoms. The summed E-state index contributed by atoms with van der Waals surface area (Å²) < 4.78 is 20.7. The van der Waals surface area contributed by atoms with Crippen molar-refractivity contribution >= 4 is 18.2 Å². The predicted octanol–water partition coefficient (Wildman–Crippen LogP) is 3.14. The number of ether oxygens (including phenoxy) is 1. The molecule has 3 unspecified atom stereocenters. The minimum atomic E-state index is -1.16. The summed E-state index contributed by atoms with van der Waals surface area (Å²) in [5.74, 6) is 2.04. The Bertz CT molecular complexity index is 1200. The molecule has 2 saturated heterocycles. The van der Waals surface area contributed by atoms with E-state index in [1.54, 1.807) is 6.92 Å². The summed E-state index contributed by atoms with van der Waals surface area (Å²) in [4.78, 5) is 25.3. The van der Waals surface area contributed by atoms with E-state index in [1.807, 2.05) is 22.8 Å². The third-order valence-corrected chi connectivity index (χ3v) is 7.74. The number of rotatable bonds is 1. The molecule has 1 aromatic heterocycles. The van der Waals surface area contributed by atoms with E-state index in [2.05, 4.69) is 34.3 Å². The fraction of sp³-hybridized carbons (Fsp3) is 0.538. The van der Waals surface area contributed by atoms with E-state index in [4.69, 9.17) is 4.74 Å². The number of aromatic nitrogens is 2. The number of hydrogen-bond donors (Lipinski definition) is 1. The fourth-order valence-electron chi connectivity index (χ4n) is 6.26. The number of aromatic amines is 1. The number of aryl methyl sites for hydroxylation is 1. The van der Waals surface area contributed by atoms with E-state index in [0.717, 1.165) is 47.1 Å². The molecule has 0 spiro atoms. The quantitative estimate of drug-likeness (QED) is 0.726. The Kier molecular flexibility index (Phi) is 4.78. The Labute approximate surface area is 193 Å². The van der Waals surface area contributed by atoms with Crippen LogP contribution < -0.4 is 15.4 Å². The van der Waals surface area contributed by atoms with Gasteiger partial charge in [-0.15, -0.1) is 0 Å². The van der Waals surface area contributed by atoms with Gasteiger partial charge in [-0.05, 0) is 50.8 Å². The summed E-state index contributed by atoms with van der Waals surface area (Å²) in [7, 11) is 0. The Hall–Kier alpha value is -2.83. The molecule has 6 nitrogen and oxygen atoms in total. The highest BCUT2D eigenvalue weighted by Crippen LogP contribution is 2.43. The first-order valence-corrected chi connectivity index (χ1v) is 12.1. The molecule has 2 fully saturated rings. The second-order valence-electron chi connectivity index (χ2n) is 10.4. The van der Waals surface area contributed by atoms with Crippen LogP contribution in [-0.4, -0.2) is 56.7 Å². The number of fused-ring (bicyclic) bond motifs is 4. The van der Waals surface area contributed by atoms with Crippen LogP contribution in [-0.2, 0) is 6.54 Å². The van der Waals surface area contributed by atoms with Crippen molar-refractivity contribution in [1.29, 1.82) is 0 Å². The molecule has 4 aliphatic rings. The smallest absolute Gasteiger partial charge is 0.320 e. The Morgan fingerprint density at radius 1 is 1.27 bits per heavy atom. The molecule has 2 bridgehead atoms. The van der Waals surface area contributed by atoms with E-state index < -0.39 is 5.67 Å². The van der Waals surface area contributed by atoms with E-state index in [9.17, 15) is 9.18 Å². The van der Waals surface area contributed by atoms with Gasteiger partial charge in [0.15, 0.2) is 0 Å². The molecule has 4 heterocycles. The van der Waals surface area contributed by atoms with Gasteiger partial charge in [-0.1, -0.05) is 18.2 Å². The summed E-state index contributed by atoms with van der Waals surface area (Å²) in [5.41, 5.74) is 1.09. The van der Waals surface area contributed by atoms with E-state index in [1.165, 1.54) is 5.56 Å². The minimum absolute atomic E-state index is 0.0145. The zero-order valence-electron chi connectivity index (χ0n) is 19.3. The number of urea groups is 1. The van der Waals surface area contributed by atoms with E-state index in [-0.39, 0.29) is 24.0 Å². The van der Waals surface area contributed by atoms with Crippen LogP contribution in [0.2, 0.25) is 0 Å². The molecule has 3 atom stereocenters. The van der Waals surface area contributed by atoms with Gasteiger partial charge in [-0.25, -0.2) is 14.2 Å². The molecular formula is C26H31FN4O2. The maximum Gasteiger partial charge on any atom is 0.320 e. The predicted molar refractivity (Wildman–Crippen MR) is 124 cm³/mol. The van der Waals surface area contributed by atoms with Crippen LogP contribution in [0, 0.1) is 6.92 Å². The number of piperidine rings is 1. The molecular weight excluding hydrogens is 419 g/mol. The van der Waals surface area contributed by atoms with Crippen molar-refractivity contribution in [3.8, 4) is 5.75 Å². The fourth-order valence-corrected chi connectivity index (χ4v) is 6.26. The monoisotopic (exact) mass is 450 g/mol. The molecule has 0 saturated carbocycles. The van der Waals surface area contributed by atoms with Crippen molar-refractivity contribution in [1.82, 2.24) is 19.8 Å². The van der Waals surface area contributed by atoms with Gasteiger partial charge in [-0.3, -0.25) is 0 Å². The lowest BCUT2D eigenvalue weighted by atomic mass is 9.89. The second kappa shape index (κ2) is 7.61. The van der Waals surface area contributed by atoms with Crippen LogP contribution in [0.3, 0.4) is 0 Å². The average molecular weight is 451 g/mol. The molecule has 1 N–H and O–H groups in total. The maximum absolute atomic E-state index is 14.7. The van der Waals surface area contributed by atoms with Crippen molar-refractivity contribution in [2.24, 2.45) is 0 Å². The standard InChI is InChI=1S/C26H31FN4O2/c1-16-28-22-7-3-18(12-23(22)29-16)17-4-8-24-19(11-17)15-30(9-10-33-24)25(32)31-20-5-6-21(31)14-26(2,27)13-20/h4,7-8,11-12,18,20-21H,3,5-6,9-10,13-15H2,1-2H3,(H,28,29). The number of amides is 2. The van der Waals surface area contributed by atoms with Crippen LogP contribution in [0.5, 0.6) is 5.75 Å². The van der Waals surface area contributed by atoms with Crippen LogP contribution >= 0.6 is 0 Å². The molecule has 2 aromatic rings. The zero-order chi connectivity index (χ0) is 22.7. The van der Waals surface area contributed by atoms with Crippen molar-refractivity contribution < 1.29 is 13.9 Å². The van der Waals surface area contributed by atoms with Crippen molar-refractivity contribution in [3.05, 3.63) is 45.8 Å². The Balaban J connectivity index is 1.25. The van der Waals surface area contributed by atoms with Gasteiger partial charge in [0.25, 0.3) is 0 Å². The summed E-state index contributed by atoms with van der Waals surface area (Å²) in [6, 6.07) is 6.43. The highest BCUT2D eigenvalue weighted by molar-refractivity contribution is 5.76. The van der Waals surface area contributed by atoms with Gasteiger partial charge in [0.1, 0.15) is 23.8 Å². The van der Waals surface area contributed by atoms with Gasteiger partial charge >= 0.3 is 6.03 Å². The van der Waals surface area contributed by atoms with Gasteiger partial charge in [0.2, 0.25) is 0 Å². The number of alkyl halides is 1. The number of nitrogens with one attached hydrogen (secondary N) is 1. The molecule has 0 radical (unpaired) electrons.